The first kappa shape index (κ1) is 29.7. The Morgan fingerprint density at radius 2 is 2.10 bits per heavy atom. The number of rotatable bonds is 11. The number of hydrazine groups is 1. The van der Waals surface area contributed by atoms with E-state index < -0.39 is 11.2 Å². The van der Waals surface area contributed by atoms with Gasteiger partial charge < -0.3 is 10.7 Å². The molecule has 206 valence electrons. The Morgan fingerprint density at radius 3 is 2.72 bits per heavy atom. The number of benzene rings is 1. The van der Waals surface area contributed by atoms with Crippen molar-refractivity contribution in [3.05, 3.63) is 88.9 Å². The third-order valence-electron chi connectivity index (χ3n) is 7.37. The minimum absolute atomic E-state index is 0.0694. The third kappa shape index (κ3) is 6.59. The van der Waals surface area contributed by atoms with E-state index in [1.54, 1.807) is 17.1 Å². The molecule has 0 bridgehead atoms. The predicted octanol–water partition coefficient (Wildman–Crippen LogP) is 4.43. The maximum absolute atomic E-state index is 12.2. The maximum atomic E-state index is 12.2. The van der Waals surface area contributed by atoms with Crippen molar-refractivity contribution < 1.29 is 4.79 Å². The topological polar surface area (TPSA) is 151 Å². The van der Waals surface area contributed by atoms with Gasteiger partial charge in [0, 0.05) is 30.3 Å². The Labute approximate surface area is 231 Å². The summed E-state index contributed by atoms with van der Waals surface area (Å²) in [4.78, 5) is 12.2. The number of allylic oxidation sites excluding steroid dienone is 5. The zero-order valence-corrected chi connectivity index (χ0v) is 23.3. The molecule has 1 saturated carbocycles. The van der Waals surface area contributed by atoms with E-state index in [0.717, 1.165) is 47.2 Å². The fraction of sp³-hybridized carbons (Fsp3) is 0.433. The van der Waals surface area contributed by atoms with Crippen molar-refractivity contribution in [2.24, 2.45) is 17.5 Å². The molecule has 5 N–H and O–H groups in total. The summed E-state index contributed by atoms with van der Waals surface area (Å²) >= 11 is 0. The molecule has 2 unspecified atom stereocenters. The van der Waals surface area contributed by atoms with E-state index in [4.69, 9.17) is 11.6 Å². The third-order valence-corrected chi connectivity index (χ3v) is 7.37. The van der Waals surface area contributed by atoms with Gasteiger partial charge in [0.1, 0.15) is 6.07 Å². The summed E-state index contributed by atoms with van der Waals surface area (Å²) in [6.45, 7) is 14.9. The number of Topliss-reactive ketones (excluding diaryl/α,β-unsaturated/α-hetero) is 1. The second-order valence-electron chi connectivity index (χ2n) is 9.88. The SMILES string of the molecule is C=C(/C=C\C1=CCCc2cc(C(=O)C#N)ccc2C1(CC(N)C1CC1)c1nn[nH]n1)CC(=C)N(N)CC.CC. The first-order valence-electron chi connectivity index (χ1n) is 13.6. The highest BCUT2D eigenvalue weighted by Gasteiger charge is 2.47. The molecule has 2 aliphatic rings. The number of aryl methyl sites for hydroxylation is 1. The standard InChI is InChI=1S/C28H34N8O.C2H6/c1-4-36(31)19(3)14-18(2)8-12-23-7-5-6-21-15-22(26(37)17-29)11-13-24(21)28(23,27-32-34-35-33-27)16-25(30)20-9-10-20;1-2/h7-8,11-13,15,20,25H,2-6,9-10,14,16,30-31H2,1H3,(H,32,33,34,35);1-2H3/b12-8-;. The summed E-state index contributed by atoms with van der Waals surface area (Å²) in [7, 11) is 0. The Kier molecular flexibility index (Phi) is 10.1. The van der Waals surface area contributed by atoms with Crippen LogP contribution in [-0.4, -0.2) is 44.0 Å². The number of nitrogens with one attached hydrogen (secondary N) is 1. The van der Waals surface area contributed by atoms with E-state index in [1.165, 1.54) is 0 Å². The Hall–Kier alpha value is -3.87. The van der Waals surface area contributed by atoms with Crippen LogP contribution in [0.2, 0.25) is 0 Å². The minimum atomic E-state index is -0.786. The molecular weight excluding hydrogens is 488 g/mol. The number of ketones is 1. The average molecular weight is 529 g/mol. The van der Waals surface area contributed by atoms with Gasteiger partial charge in [0.2, 0.25) is 0 Å². The quantitative estimate of drug-likeness (QED) is 0.127. The number of aromatic amines is 1. The highest BCUT2D eigenvalue weighted by molar-refractivity contribution is 6.07. The smallest absolute Gasteiger partial charge is 0.262 e. The first-order valence-corrected chi connectivity index (χ1v) is 13.6. The van der Waals surface area contributed by atoms with Crippen molar-refractivity contribution in [1.29, 1.82) is 5.26 Å². The van der Waals surface area contributed by atoms with Crippen molar-refractivity contribution in [2.45, 2.75) is 70.8 Å². The molecule has 2 atom stereocenters. The van der Waals surface area contributed by atoms with Gasteiger partial charge in [-0.05, 0) is 79.4 Å². The summed E-state index contributed by atoms with van der Waals surface area (Å²) < 4.78 is 0. The number of carbonyl (C=O) groups excluding carboxylic acids is 1. The summed E-state index contributed by atoms with van der Waals surface area (Å²) in [6.07, 6.45) is 11.0. The molecule has 9 nitrogen and oxygen atoms in total. The molecular formula is C30H40N8O. The van der Waals surface area contributed by atoms with Gasteiger partial charge in [0.25, 0.3) is 5.78 Å². The van der Waals surface area contributed by atoms with Crippen molar-refractivity contribution in [1.82, 2.24) is 25.6 Å². The molecule has 0 aliphatic heterocycles. The number of nitriles is 1. The number of hydrogen-bond acceptors (Lipinski definition) is 8. The van der Waals surface area contributed by atoms with Crippen LogP contribution in [0.4, 0.5) is 0 Å². The van der Waals surface area contributed by atoms with Gasteiger partial charge in [-0.15, -0.1) is 10.2 Å². The van der Waals surface area contributed by atoms with Gasteiger partial charge in [-0.1, -0.05) is 56.5 Å². The number of nitrogens with zero attached hydrogens (tertiary/aromatic N) is 5. The van der Waals surface area contributed by atoms with E-state index in [-0.39, 0.29) is 6.04 Å². The van der Waals surface area contributed by atoms with Crippen LogP contribution in [0.25, 0.3) is 0 Å². The van der Waals surface area contributed by atoms with E-state index in [9.17, 15) is 10.1 Å². The van der Waals surface area contributed by atoms with Crippen LogP contribution in [0.3, 0.4) is 0 Å². The fourth-order valence-electron chi connectivity index (χ4n) is 5.16. The Bertz CT molecular complexity index is 1280. The molecule has 39 heavy (non-hydrogen) atoms. The van der Waals surface area contributed by atoms with Crippen LogP contribution in [0.5, 0.6) is 0 Å². The molecule has 0 saturated heterocycles. The highest BCUT2D eigenvalue weighted by Crippen LogP contribution is 2.48. The van der Waals surface area contributed by atoms with Gasteiger partial charge >= 0.3 is 0 Å². The monoisotopic (exact) mass is 528 g/mol. The van der Waals surface area contributed by atoms with Gasteiger partial charge in [-0.25, -0.2) is 5.84 Å². The van der Waals surface area contributed by atoms with Crippen molar-refractivity contribution in [2.75, 3.05) is 6.54 Å². The lowest BCUT2D eigenvalue weighted by Crippen LogP contribution is -2.40. The molecule has 1 aromatic carbocycles. The molecule has 9 heteroatoms. The van der Waals surface area contributed by atoms with Gasteiger partial charge in [-0.3, -0.25) is 4.79 Å². The molecule has 1 aromatic heterocycles. The molecule has 0 spiro atoms. The lowest BCUT2D eigenvalue weighted by Gasteiger charge is -2.36. The lowest BCUT2D eigenvalue weighted by molar-refractivity contribution is 0.105. The lowest BCUT2D eigenvalue weighted by atomic mass is 9.67. The highest BCUT2D eigenvalue weighted by atomic mass is 16.1. The van der Waals surface area contributed by atoms with Crippen LogP contribution >= 0.6 is 0 Å². The number of nitrogens with two attached hydrogens (primary N) is 2. The number of aromatic nitrogens is 4. The predicted molar refractivity (Wildman–Crippen MR) is 153 cm³/mol. The second kappa shape index (κ2) is 13.3. The number of carbonyl (C=O) groups is 1. The van der Waals surface area contributed by atoms with Crippen molar-refractivity contribution in [3.8, 4) is 6.07 Å². The summed E-state index contributed by atoms with van der Waals surface area (Å²) in [5, 5.41) is 26.2. The van der Waals surface area contributed by atoms with Crippen molar-refractivity contribution in [3.63, 3.8) is 0 Å². The number of fused-ring (bicyclic) bond motifs is 1. The molecule has 0 amide bonds. The Morgan fingerprint density at radius 1 is 1.36 bits per heavy atom. The summed E-state index contributed by atoms with van der Waals surface area (Å²) in [6, 6.07) is 7.11. The van der Waals surface area contributed by atoms with E-state index in [2.05, 4.69) is 45.9 Å². The van der Waals surface area contributed by atoms with Crippen LogP contribution < -0.4 is 11.6 Å². The molecule has 2 aromatic rings. The van der Waals surface area contributed by atoms with Gasteiger partial charge in [0.05, 0.1) is 5.41 Å². The van der Waals surface area contributed by atoms with E-state index in [0.29, 0.717) is 43.1 Å². The zero-order valence-electron chi connectivity index (χ0n) is 23.3. The number of tetrazole rings is 1. The molecule has 2 aliphatic carbocycles. The second-order valence-corrected chi connectivity index (χ2v) is 9.88. The largest absolute Gasteiger partial charge is 0.327 e. The van der Waals surface area contributed by atoms with Crippen LogP contribution in [0, 0.1) is 17.2 Å². The first-order chi connectivity index (χ1) is 18.8. The summed E-state index contributed by atoms with van der Waals surface area (Å²) in [5.41, 5.74) is 10.9. The Balaban J connectivity index is 0.00000205. The van der Waals surface area contributed by atoms with E-state index >= 15 is 0 Å². The number of H-pyrrole nitrogens is 1. The molecule has 1 heterocycles. The minimum Gasteiger partial charge on any atom is -0.327 e. The molecule has 1 fully saturated rings. The normalized spacial score (nSPS) is 19.0. The van der Waals surface area contributed by atoms with Crippen LogP contribution in [0.15, 0.2) is 66.4 Å². The van der Waals surface area contributed by atoms with Crippen LogP contribution in [-0.2, 0) is 11.8 Å². The van der Waals surface area contributed by atoms with Gasteiger partial charge in [0.15, 0.2) is 5.82 Å². The number of hydrogen-bond donors (Lipinski definition) is 3. The maximum Gasteiger partial charge on any atom is 0.262 e. The zero-order chi connectivity index (χ0) is 28.6. The summed E-state index contributed by atoms with van der Waals surface area (Å²) in [5.74, 6) is 6.40. The molecule has 4 rings (SSSR count). The van der Waals surface area contributed by atoms with E-state index in [1.807, 2.05) is 39.0 Å². The fourth-order valence-corrected chi connectivity index (χ4v) is 5.16. The van der Waals surface area contributed by atoms with Gasteiger partial charge in [-0.2, -0.15) is 10.5 Å². The van der Waals surface area contributed by atoms with Crippen LogP contribution in [0.1, 0.15) is 80.2 Å². The van der Waals surface area contributed by atoms with Crippen molar-refractivity contribution >= 4 is 5.78 Å². The average Bonchev–Trinajstić information content (AvgIpc) is 3.70. The molecule has 0 radical (unpaired) electrons.